The first-order chi connectivity index (χ1) is 13.7. The van der Waals surface area contributed by atoms with Gasteiger partial charge in [-0.1, -0.05) is 54.6 Å². The molecule has 0 spiro atoms. The molecule has 0 unspecified atom stereocenters. The van der Waals surface area contributed by atoms with Crippen LogP contribution in [0.25, 0.3) is 11.1 Å². The molecular formula is C24H24N2O2. The third-order valence-electron chi connectivity index (χ3n) is 5.42. The van der Waals surface area contributed by atoms with Gasteiger partial charge in [-0.2, -0.15) is 0 Å². The summed E-state index contributed by atoms with van der Waals surface area (Å²) in [5.74, 6) is 0.149. The van der Waals surface area contributed by atoms with Crippen LogP contribution in [-0.2, 0) is 17.6 Å². The molecule has 4 rings (SSSR count). The van der Waals surface area contributed by atoms with Crippen molar-refractivity contribution in [3.05, 3.63) is 90.3 Å². The lowest BCUT2D eigenvalue weighted by molar-refractivity contribution is -0.129. The largest absolute Gasteiger partial charge is 0.391 e. The monoisotopic (exact) mass is 372 g/mol. The highest BCUT2D eigenvalue weighted by molar-refractivity contribution is 5.79. The highest BCUT2D eigenvalue weighted by atomic mass is 16.3. The van der Waals surface area contributed by atoms with Crippen molar-refractivity contribution in [2.24, 2.45) is 5.92 Å². The highest BCUT2D eigenvalue weighted by Crippen LogP contribution is 2.23. The number of aliphatic hydroxyl groups excluding tert-OH is 1. The number of carbonyl (C=O) groups excluding carboxylic acids is 1. The summed E-state index contributed by atoms with van der Waals surface area (Å²) < 4.78 is 0. The Kier molecular flexibility index (Phi) is 5.49. The molecule has 4 heteroatoms. The number of amides is 1. The SMILES string of the molecule is O=C(Cc1ccc(-c2ccccc2)cc1)N1C[C@@H](Cc2ccncc2)[C@@H](O)C1. The van der Waals surface area contributed by atoms with E-state index >= 15 is 0 Å². The van der Waals surface area contributed by atoms with Gasteiger partial charge in [-0.3, -0.25) is 9.78 Å². The molecule has 1 N–H and O–H groups in total. The number of pyridine rings is 1. The number of nitrogens with zero attached hydrogens (tertiary/aromatic N) is 2. The molecule has 0 aliphatic carbocycles. The zero-order valence-electron chi connectivity index (χ0n) is 15.7. The van der Waals surface area contributed by atoms with Crippen molar-refractivity contribution >= 4 is 5.91 Å². The standard InChI is InChI=1S/C24H24N2O2/c27-23-17-26(16-22(23)14-19-10-12-25-13-11-19)24(28)15-18-6-8-21(9-7-18)20-4-2-1-3-5-20/h1-13,22-23,27H,14-17H2/t22-,23+/m1/s1. The molecule has 1 aromatic heterocycles. The summed E-state index contributed by atoms with van der Waals surface area (Å²) in [5, 5.41) is 10.4. The number of hydrogen-bond donors (Lipinski definition) is 1. The predicted molar refractivity (Wildman–Crippen MR) is 110 cm³/mol. The van der Waals surface area contributed by atoms with Gasteiger partial charge in [0.15, 0.2) is 0 Å². The smallest absolute Gasteiger partial charge is 0.227 e. The van der Waals surface area contributed by atoms with E-state index in [0.29, 0.717) is 19.5 Å². The van der Waals surface area contributed by atoms with Crippen LogP contribution in [0.4, 0.5) is 0 Å². The second kappa shape index (κ2) is 8.36. The second-order valence-corrected chi connectivity index (χ2v) is 7.43. The van der Waals surface area contributed by atoms with Crippen LogP contribution in [0.1, 0.15) is 11.1 Å². The van der Waals surface area contributed by atoms with E-state index in [1.54, 1.807) is 17.3 Å². The Labute approximate surface area is 165 Å². The van der Waals surface area contributed by atoms with E-state index in [-0.39, 0.29) is 11.8 Å². The maximum Gasteiger partial charge on any atom is 0.227 e. The number of hydrogen-bond acceptors (Lipinski definition) is 3. The molecule has 1 aliphatic rings. The first-order valence-electron chi connectivity index (χ1n) is 9.68. The number of benzene rings is 2. The highest BCUT2D eigenvalue weighted by Gasteiger charge is 2.33. The van der Waals surface area contributed by atoms with E-state index in [1.165, 1.54) is 5.56 Å². The van der Waals surface area contributed by atoms with Crippen LogP contribution in [0.5, 0.6) is 0 Å². The third kappa shape index (κ3) is 4.29. The van der Waals surface area contributed by atoms with Crippen LogP contribution < -0.4 is 0 Å². The minimum Gasteiger partial charge on any atom is -0.391 e. The minimum atomic E-state index is -0.474. The van der Waals surface area contributed by atoms with Crippen LogP contribution in [0, 0.1) is 5.92 Å². The van der Waals surface area contributed by atoms with Gasteiger partial charge >= 0.3 is 0 Å². The maximum atomic E-state index is 12.7. The van der Waals surface area contributed by atoms with Gasteiger partial charge in [0, 0.05) is 31.4 Å². The molecule has 0 radical (unpaired) electrons. The van der Waals surface area contributed by atoms with Gasteiger partial charge in [-0.15, -0.1) is 0 Å². The lowest BCUT2D eigenvalue weighted by atomic mass is 9.97. The lowest BCUT2D eigenvalue weighted by Gasteiger charge is -2.16. The normalized spacial score (nSPS) is 19.0. The quantitative estimate of drug-likeness (QED) is 0.747. The fraction of sp³-hybridized carbons (Fsp3) is 0.250. The number of aromatic nitrogens is 1. The van der Waals surface area contributed by atoms with Crippen molar-refractivity contribution in [2.75, 3.05) is 13.1 Å². The molecular weight excluding hydrogens is 348 g/mol. The average Bonchev–Trinajstić information content (AvgIpc) is 3.10. The van der Waals surface area contributed by atoms with Gasteiger partial charge in [0.2, 0.25) is 5.91 Å². The van der Waals surface area contributed by atoms with Gasteiger partial charge in [0.25, 0.3) is 0 Å². The van der Waals surface area contributed by atoms with Gasteiger partial charge in [0.1, 0.15) is 0 Å². The molecule has 4 nitrogen and oxygen atoms in total. The average molecular weight is 372 g/mol. The van der Waals surface area contributed by atoms with E-state index in [1.807, 2.05) is 42.5 Å². The summed E-state index contributed by atoms with van der Waals surface area (Å²) in [7, 11) is 0. The summed E-state index contributed by atoms with van der Waals surface area (Å²) >= 11 is 0. The molecule has 1 amide bonds. The van der Waals surface area contributed by atoms with Crippen molar-refractivity contribution in [2.45, 2.75) is 18.9 Å². The molecule has 142 valence electrons. The Morgan fingerprint density at radius 2 is 1.57 bits per heavy atom. The van der Waals surface area contributed by atoms with Crippen LogP contribution in [0.15, 0.2) is 79.1 Å². The molecule has 1 saturated heterocycles. The molecule has 1 aliphatic heterocycles. The predicted octanol–water partition coefficient (Wildman–Crippen LogP) is 3.35. The van der Waals surface area contributed by atoms with Crippen molar-refractivity contribution in [3.8, 4) is 11.1 Å². The molecule has 0 bridgehead atoms. The van der Waals surface area contributed by atoms with Crippen molar-refractivity contribution in [1.29, 1.82) is 0 Å². The van der Waals surface area contributed by atoms with E-state index < -0.39 is 6.10 Å². The summed E-state index contributed by atoms with van der Waals surface area (Å²) in [6.45, 7) is 1.01. The van der Waals surface area contributed by atoms with Gasteiger partial charge in [-0.05, 0) is 40.8 Å². The zero-order valence-corrected chi connectivity index (χ0v) is 15.7. The number of likely N-dealkylation sites (tertiary alicyclic amines) is 1. The van der Waals surface area contributed by atoms with Crippen molar-refractivity contribution in [3.63, 3.8) is 0 Å². The van der Waals surface area contributed by atoms with Crippen LogP contribution in [0.3, 0.4) is 0 Å². The van der Waals surface area contributed by atoms with Gasteiger partial charge in [-0.25, -0.2) is 0 Å². The number of β-amino-alcohol motifs (C(OH)–C–C–N with tert-alkyl or cyclic N) is 1. The first kappa shape index (κ1) is 18.4. The Balaban J connectivity index is 1.36. The van der Waals surface area contributed by atoms with Crippen molar-refractivity contribution < 1.29 is 9.90 Å². The van der Waals surface area contributed by atoms with Crippen LogP contribution >= 0.6 is 0 Å². The molecule has 28 heavy (non-hydrogen) atoms. The second-order valence-electron chi connectivity index (χ2n) is 7.43. The first-order valence-corrected chi connectivity index (χ1v) is 9.68. The van der Waals surface area contributed by atoms with Crippen LogP contribution in [-0.4, -0.2) is 40.1 Å². The van der Waals surface area contributed by atoms with Gasteiger partial charge in [0.05, 0.1) is 12.5 Å². The molecule has 3 aromatic rings. The van der Waals surface area contributed by atoms with Gasteiger partial charge < -0.3 is 10.0 Å². The lowest BCUT2D eigenvalue weighted by Crippen LogP contribution is -2.31. The Morgan fingerprint density at radius 1 is 0.893 bits per heavy atom. The Hall–Kier alpha value is -2.98. The maximum absolute atomic E-state index is 12.7. The third-order valence-corrected chi connectivity index (χ3v) is 5.42. The van der Waals surface area contributed by atoms with Crippen molar-refractivity contribution in [1.82, 2.24) is 9.88 Å². The van der Waals surface area contributed by atoms with E-state index in [9.17, 15) is 9.90 Å². The fourth-order valence-corrected chi connectivity index (χ4v) is 3.81. The summed E-state index contributed by atoms with van der Waals surface area (Å²) in [4.78, 5) is 18.5. The molecule has 2 heterocycles. The minimum absolute atomic E-state index is 0.0729. The molecule has 0 saturated carbocycles. The van der Waals surface area contributed by atoms with E-state index in [2.05, 4.69) is 29.2 Å². The summed E-state index contributed by atoms with van der Waals surface area (Å²) in [6, 6.07) is 22.3. The number of rotatable bonds is 5. The molecule has 2 aromatic carbocycles. The van der Waals surface area contributed by atoms with E-state index in [0.717, 1.165) is 23.1 Å². The molecule has 2 atom stereocenters. The van der Waals surface area contributed by atoms with E-state index in [4.69, 9.17) is 0 Å². The fourth-order valence-electron chi connectivity index (χ4n) is 3.81. The number of carbonyl (C=O) groups is 1. The topological polar surface area (TPSA) is 53.4 Å². The Bertz CT molecular complexity index is 910. The Morgan fingerprint density at radius 3 is 2.29 bits per heavy atom. The van der Waals surface area contributed by atoms with Crippen LogP contribution in [0.2, 0.25) is 0 Å². The zero-order chi connectivity index (χ0) is 19.3. The molecule has 1 fully saturated rings. The summed E-state index contributed by atoms with van der Waals surface area (Å²) in [6.07, 6.45) is 4.18. The number of aliphatic hydroxyl groups is 1. The summed E-state index contributed by atoms with van der Waals surface area (Å²) in [5.41, 5.74) is 4.45.